The second-order valence-corrected chi connectivity index (χ2v) is 14.4. The van der Waals surface area contributed by atoms with Gasteiger partial charge in [0.25, 0.3) is 5.91 Å². The molecule has 0 saturated carbocycles. The van der Waals surface area contributed by atoms with Gasteiger partial charge in [-0.1, -0.05) is 63.6 Å². The van der Waals surface area contributed by atoms with Gasteiger partial charge in [0.2, 0.25) is 11.8 Å². The van der Waals surface area contributed by atoms with E-state index in [0.717, 1.165) is 18.4 Å². The van der Waals surface area contributed by atoms with Gasteiger partial charge in [-0.05, 0) is 49.7 Å². The summed E-state index contributed by atoms with van der Waals surface area (Å²) in [6.45, 7) is 18.9. The molecule has 1 aromatic rings. The Labute approximate surface area is 260 Å². The van der Waals surface area contributed by atoms with E-state index in [1.165, 1.54) is 0 Å². The first-order valence-corrected chi connectivity index (χ1v) is 16.4. The zero-order chi connectivity index (χ0) is 30.9. The molecule has 42 heavy (non-hydrogen) atoms. The summed E-state index contributed by atoms with van der Waals surface area (Å²) in [5.74, 6) is -1.46. The predicted octanol–water partition coefficient (Wildman–Crippen LogP) is 5.34. The highest BCUT2D eigenvalue weighted by Crippen LogP contribution is 2.69. The molecule has 0 aromatic heterocycles. The number of hydrogen-bond acceptors (Lipinski definition) is 5. The molecule has 230 valence electrons. The van der Waals surface area contributed by atoms with Crippen LogP contribution in [0.25, 0.3) is 0 Å². The smallest absolute Gasteiger partial charge is 0.251 e. The van der Waals surface area contributed by atoms with E-state index in [1.807, 2.05) is 39.8 Å². The number of amides is 3. The quantitative estimate of drug-likeness (QED) is 0.303. The van der Waals surface area contributed by atoms with Crippen LogP contribution in [0.5, 0.6) is 0 Å². The number of carbonyl (C=O) groups is 3. The molecule has 3 saturated heterocycles. The maximum absolute atomic E-state index is 15.0. The molecule has 0 aliphatic carbocycles. The zero-order valence-electron chi connectivity index (χ0n) is 25.6. The van der Waals surface area contributed by atoms with Crippen LogP contribution in [-0.2, 0) is 14.4 Å². The number of aliphatic hydroxyl groups excluding tert-OH is 1. The predicted molar refractivity (Wildman–Crippen MR) is 172 cm³/mol. The third-order valence-electron chi connectivity index (χ3n) is 9.24. The highest BCUT2D eigenvalue weighted by Gasteiger charge is 2.77. The molecular formula is C33H46ClN3O4S. The van der Waals surface area contributed by atoms with Gasteiger partial charge in [-0.15, -0.1) is 24.9 Å². The van der Waals surface area contributed by atoms with Crippen molar-refractivity contribution in [3.05, 3.63) is 54.1 Å². The third-order valence-corrected chi connectivity index (χ3v) is 11.6. The van der Waals surface area contributed by atoms with Crippen molar-refractivity contribution in [1.82, 2.24) is 9.80 Å². The number of thioether (sulfide) groups is 1. The first-order valence-electron chi connectivity index (χ1n) is 15.2. The van der Waals surface area contributed by atoms with Gasteiger partial charge in [-0.2, -0.15) is 0 Å². The molecule has 3 aliphatic heterocycles. The van der Waals surface area contributed by atoms with Crippen LogP contribution < -0.4 is 4.90 Å². The number of fused-ring (bicyclic) bond motifs is 1. The lowest BCUT2D eigenvalue weighted by molar-refractivity contribution is -0.145. The Morgan fingerprint density at radius 1 is 1.24 bits per heavy atom. The fraction of sp³-hybridized carbons (Fsp3) is 0.606. The largest absolute Gasteiger partial charge is 0.394 e. The van der Waals surface area contributed by atoms with Crippen LogP contribution in [0.3, 0.4) is 0 Å². The minimum absolute atomic E-state index is 0.0137. The van der Waals surface area contributed by atoms with Crippen molar-refractivity contribution in [2.75, 3.05) is 31.1 Å². The van der Waals surface area contributed by atoms with Crippen LogP contribution in [0, 0.1) is 30.6 Å². The van der Waals surface area contributed by atoms with Gasteiger partial charge in [-0.25, -0.2) is 0 Å². The van der Waals surface area contributed by atoms with E-state index in [9.17, 15) is 14.7 Å². The van der Waals surface area contributed by atoms with Crippen molar-refractivity contribution < 1.29 is 19.5 Å². The summed E-state index contributed by atoms with van der Waals surface area (Å²) in [4.78, 5) is 49.0. The number of hydrogen-bond donors (Lipinski definition) is 1. The van der Waals surface area contributed by atoms with Crippen LogP contribution in [-0.4, -0.2) is 80.9 Å². The van der Waals surface area contributed by atoms with E-state index in [0.29, 0.717) is 30.2 Å². The summed E-state index contributed by atoms with van der Waals surface area (Å²) < 4.78 is -0.801. The Hall–Kier alpha value is -2.29. The van der Waals surface area contributed by atoms with Crippen LogP contribution in [0.4, 0.5) is 5.69 Å². The summed E-state index contributed by atoms with van der Waals surface area (Å²) >= 11 is 8.35. The molecule has 3 unspecified atom stereocenters. The lowest BCUT2D eigenvalue weighted by Gasteiger charge is -2.42. The molecule has 1 N–H and O–H groups in total. The first kappa shape index (κ1) is 32.6. The Morgan fingerprint density at radius 3 is 2.50 bits per heavy atom. The summed E-state index contributed by atoms with van der Waals surface area (Å²) in [5.41, 5.74) is 1.44. The zero-order valence-corrected chi connectivity index (χ0v) is 27.2. The molecular weight excluding hydrogens is 570 g/mol. The molecule has 0 radical (unpaired) electrons. The van der Waals surface area contributed by atoms with E-state index in [-0.39, 0.29) is 48.0 Å². The molecule has 7 nitrogen and oxygen atoms in total. The van der Waals surface area contributed by atoms with Crippen molar-refractivity contribution in [3.8, 4) is 0 Å². The maximum Gasteiger partial charge on any atom is 0.251 e. The molecule has 3 amide bonds. The van der Waals surface area contributed by atoms with Crippen molar-refractivity contribution in [3.63, 3.8) is 0 Å². The topological polar surface area (TPSA) is 81.2 Å². The SMILES string of the molecule is C=CCN(CCC)C(=O)[C@@H]1[C@@H]2CC(C)C3(S2)C(C(=O)N(CC=C)c2c(C)cccc2Cl)N([C@@H](CO)CC(C)C)C(=O)[C@H]13. The summed E-state index contributed by atoms with van der Waals surface area (Å²) in [6.07, 6.45) is 5.48. The van der Waals surface area contributed by atoms with E-state index in [2.05, 4.69) is 20.1 Å². The average Bonchev–Trinajstić information content (AvgIpc) is 3.53. The van der Waals surface area contributed by atoms with Crippen LogP contribution >= 0.6 is 23.4 Å². The second-order valence-electron chi connectivity index (χ2n) is 12.5. The monoisotopic (exact) mass is 615 g/mol. The van der Waals surface area contributed by atoms with Crippen LogP contribution in [0.15, 0.2) is 43.5 Å². The number of likely N-dealkylation sites (tertiary alicyclic amines) is 1. The fourth-order valence-electron chi connectivity index (χ4n) is 7.70. The van der Waals surface area contributed by atoms with Gasteiger partial charge < -0.3 is 19.8 Å². The van der Waals surface area contributed by atoms with Crippen LogP contribution in [0.1, 0.15) is 52.5 Å². The number of aryl methyl sites for hydroxylation is 1. The molecule has 3 aliphatic rings. The minimum Gasteiger partial charge on any atom is -0.394 e. The Kier molecular flexibility index (Phi) is 10.2. The van der Waals surface area contributed by atoms with Gasteiger partial charge in [0.1, 0.15) is 6.04 Å². The minimum atomic E-state index is -0.858. The number of rotatable bonds is 13. The summed E-state index contributed by atoms with van der Waals surface area (Å²) in [5, 5.41) is 11.0. The molecule has 1 spiro atoms. The van der Waals surface area contributed by atoms with E-state index >= 15 is 4.79 Å². The van der Waals surface area contributed by atoms with Crippen molar-refractivity contribution in [1.29, 1.82) is 0 Å². The van der Waals surface area contributed by atoms with Gasteiger partial charge in [0.05, 0.1) is 39.9 Å². The van der Waals surface area contributed by atoms with Gasteiger partial charge in [-0.3, -0.25) is 14.4 Å². The molecule has 7 atom stereocenters. The summed E-state index contributed by atoms with van der Waals surface area (Å²) in [7, 11) is 0. The molecule has 1 aromatic carbocycles. The standard InChI is InChI=1S/C33H46ClN3O4S/c1-8-14-35(15-9-2)30(39)26-25-18-22(7)33(42-25)27(26)31(40)37(23(19-38)17-20(4)5)29(33)32(41)36(16-10-3)28-21(6)12-11-13-24(28)34/h8,10-13,20,22-23,25-27,29,38H,1,3,9,14-19H2,2,4-7H3/t22?,23-,25+,26-,27+,29?,33?/m1/s1. The molecule has 9 heteroatoms. The number of para-hydroxylation sites is 1. The average molecular weight is 616 g/mol. The van der Waals surface area contributed by atoms with Crippen molar-refractivity contribution >= 4 is 46.8 Å². The van der Waals surface area contributed by atoms with Crippen LogP contribution in [0.2, 0.25) is 5.02 Å². The van der Waals surface area contributed by atoms with Gasteiger partial charge >= 0.3 is 0 Å². The number of benzene rings is 1. The van der Waals surface area contributed by atoms with E-state index in [1.54, 1.807) is 44.7 Å². The number of anilines is 1. The normalized spacial score (nSPS) is 28.6. The number of carbonyl (C=O) groups excluding carboxylic acids is 3. The molecule has 3 heterocycles. The lowest BCUT2D eigenvalue weighted by Crippen LogP contribution is -2.59. The second kappa shape index (κ2) is 13.1. The number of halogens is 1. The Morgan fingerprint density at radius 2 is 1.93 bits per heavy atom. The molecule has 4 rings (SSSR count). The van der Waals surface area contributed by atoms with Gasteiger partial charge in [0, 0.05) is 24.9 Å². The summed E-state index contributed by atoms with van der Waals surface area (Å²) in [6, 6.07) is 4.11. The Bertz CT molecular complexity index is 1200. The fourth-order valence-corrected chi connectivity index (χ4v) is 10.4. The lowest BCUT2D eigenvalue weighted by atomic mass is 9.65. The molecule has 3 fully saturated rings. The number of aliphatic hydroxyl groups is 1. The van der Waals surface area contributed by atoms with Crippen molar-refractivity contribution in [2.45, 2.75) is 76.0 Å². The maximum atomic E-state index is 15.0. The first-order chi connectivity index (χ1) is 20.0. The highest BCUT2D eigenvalue weighted by molar-refractivity contribution is 8.02. The van der Waals surface area contributed by atoms with Gasteiger partial charge in [0.15, 0.2) is 0 Å². The highest BCUT2D eigenvalue weighted by atomic mass is 35.5. The Balaban J connectivity index is 1.89. The van der Waals surface area contributed by atoms with Crippen molar-refractivity contribution in [2.24, 2.45) is 23.7 Å². The number of nitrogens with zero attached hydrogens (tertiary/aromatic N) is 3. The van der Waals surface area contributed by atoms with E-state index < -0.39 is 28.7 Å². The van der Waals surface area contributed by atoms with E-state index in [4.69, 9.17) is 11.6 Å². The third kappa shape index (κ3) is 5.32. The molecule has 2 bridgehead atoms.